The van der Waals surface area contributed by atoms with Crippen molar-refractivity contribution in [2.45, 2.75) is 69.1 Å². The molecule has 0 fully saturated rings. The van der Waals surface area contributed by atoms with E-state index in [0.717, 1.165) is 17.7 Å². The van der Waals surface area contributed by atoms with E-state index in [2.05, 4.69) is 69.0 Å². The predicted octanol–water partition coefficient (Wildman–Crippen LogP) is 4.90. The normalized spacial score (nSPS) is 19.9. The van der Waals surface area contributed by atoms with Gasteiger partial charge in [-0.1, -0.05) is 31.5 Å². The molecule has 0 amide bonds. The molecule has 2 atom stereocenters. The van der Waals surface area contributed by atoms with Gasteiger partial charge >= 0.3 is 0 Å². The maximum atomic E-state index is 3.69. The Labute approximate surface area is 128 Å². The summed E-state index contributed by atoms with van der Waals surface area (Å²) in [5, 5.41) is 4.48. The van der Waals surface area contributed by atoms with Crippen molar-refractivity contribution in [2.24, 2.45) is 5.92 Å². The van der Waals surface area contributed by atoms with Crippen LogP contribution in [0.2, 0.25) is 0 Å². The lowest BCUT2D eigenvalue weighted by Crippen LogP contribution is -2.39. The van der Waals surface area contributed by atoms with E-state index in [0.29, 0.717) is 0 Å². The molecule has 1 aromatic carbocycles. The molecule has 2 heteroatoms. The van der Waals surface area contributed by atoms with Crippen molar-refractivity contribution >= 4 is 11.8 Å². The maximum Gasteiger partial charge on any atom is 0.0138 e. The minimum atomic E-state index is 0.234. The highest BCUT2D eigenvalue weighted by molar-refractivity contribution is 8.00. The molecule has 20 heavy (non-hydrogen) atoms. The van der Waals surface area contributed by atoms with Gasteiger partial charge in [-0.2, -0.15) is 0 Å². The molecule has 0 saturated carbocycles. The van der Waals surface area contributed by atoms with Gasteiger partial charge in [-0.15, -0.1) is 11.8 Å². The van der Waals surface area contributed by atoms with E-state index in [1.54, 1.807) is 5.56 Å². The number of hydrogen-bond donors (Lipinski definition) is 1. The molecule has 0 bridgehead atoms. The van der Waals surface area contributed by atoms with E-state index in [1.807, 2.05) is 0 Å². The minimum absolute atomic E-state index is 0.234. The average molecular weight is 292 g/mol. The Morgan fingerprint density at radius 3 is 2.70 bits per heavy atom. The fraction of sp³-hybridized carbons (Fsp3) is 0.667. The second kappa shape index (κ2) is 7.00. The molecule has 2 unspecified atom stereocenters. The molecule has 112 valence electrons. The van der Waals surface area contributed by atoms with Gasteiger partial charge in [0.25, 0.3) is 0 Å². The third-order valence-electron chi connectivity index (χ3n) is 3.93. The van der Waals surface area contributed by atoms with Crippen LogP contribution in [0.25, 0.3) is 0 Å². The zero-order valence-electron chi connectivity index (χ0n) is 13.4. The fourth-order valence-corrected chi connectivity index (χ4v) is 4.37. The highest BCUT2D eigenvalue weighted by Crippen LogP contribution is 2.40. The molecule has 0 saturated heterocycles. The van der Waals surface area contributed by atoms with Crippen molar-refractivity contribution in [2.75, 3.05) is 6.54 Å². The standard InChI is InChI=1S/C18H29NS/c1-5-8-14(13-19-18(2,3)4)11-16-12-15-9-6-7-10-17(15)20-16/h6-7,9-10,14,16,19H,5,8,11-13H2,1-4H3. The number of thioether (sulfide) groups is 1. The summed E-state index contributed by atoms with van der Waals surface area (Å²) in [5.41, 5.74) is 1.79. The third kappa shape index (κ3) is 4.82. The highest BCUT2D eigenvalue weighted by Gasteiger charge is 2.25. The molecule has 1 aliphatic heterocycles. The van der Waals surface area contributed by atoms with Gasteiger partial charge in [0.1, 0.15) is 0 Å². The number of hydrogen-bond acceptors (Lipinski definition) is 2. The molecule has 0 aromatic heterocycles. The van der Waals surface area contributed by atoms with Gasteiger partial charge < -0.3 is 5.32 Å². The maximum absolute atomic E-state index is 3.69. The van der Waals surface area contributed by atoms with Crippen LogP contribution in [0.1, 0.15) is 52.5 Å². The van der Waals surface area contributed by atoms with Gasteiger partial charge in [0.15, 0.2) is 0 Å². The van der Waals surface area contributed by atoms with Crippen molar-refractivity contribution in [1.82, 2.24) is 5.32 Å². The Hall–Kier alpha value is -0.470. The predicted molar refractivity (Wildman–Crippen MR) is 90.6 cm³/mol. The van der Waals surface area contributed by atoms with Crippen LogP contribution in [-0.2, 0) is 6.42 Å². The molecule has 1 aliphatic rings. The number of benzene rings is 1. The number of rotatable bonds is 6. The molecule has 0 radical (unpaired) electrons. The first-order chi connectivity index (χ1) is 9.48. The number of fused-ring (bicyclic) bond motifs is 1. The van der Waals surface area contributed by atoms with Crippen LogP contribution in [-0.4, -0.2) is 17.3 Å². The zero-order chi connectivity index (χ0) is 14.6. The van der Waals surface area contributed by atoms with Gasteiger partial charge in [-0.3, -0.25) is 0 Å². The minimum Gasteiger partial charge on any atom is -0.312 e. The second-order valence-corrected chi connectivity index (χ2v) is 8.42. The Bertz CT molecular complexity index is 397. The lowest BCUT2D eigenvalue weighted by molar-refractivity contribution is 0.342. The average Bonchev–Trinajstić information content (AvgIpc) is 2.77. The van der Waals surface area contributed by atoms with E-state index in [4.69, 9.17) is 0 Å². The summed E-state index contributed by atoms with van der Waals surface area (Å²) in [6, 6.07) is 8.91. The Balaban J connectivity index is 1.87. The van der Waals surface area contributed by atoms with E-state index >= 15 is 0 Å². The van der Waals surface area contributed by atoms with Crippen molar-refractivity contribution in [3.63, 3.8) is 0 Å². The van der Waals surface area contributed by atoms with E-state index in [9.17, 15) is 0 Å². The monoisotopic (exact) mass is 291 g/mol. The number of nitrogens with one attached hydrogen (secondary N) is 1. The van der Waals surface area contributed by atoms with Crippen LogP contribution in [0.3, 0.4) is 0 Å². The SMILES string of the molecule is CCCC(CNC(C)(C)C)CC1Cc2ccccc2S1. The smallest absolute Gasteiger partial charge is 0.0138 e. The molecular weight excluding hydrogens is 262 g/mol. The van der Waals surface area contributed by atoms with Gasteiger partial charge in [0.2, 0.25) is 0 Å². The van der Waals surface area contributed by atoms with Crippen LogP contribution < -0.4 is 5.32 Å². The van der Waals surface area contributed by atoms with Gasteiger partial charge in [0.05, 0.1) is 0 Å². The van der Waals surface area contributed by atoms with Crippen LogP contribution in [0, 0.1) is 5.92 Å². The van der Waals surface area contributed by atoms with E-state index in [-0.39, 0.29) is 5.54 Å². The molecule has 1 nitrogen and oxygen atoms in total. The van der Waals surface area contributed by atoms with E-state index < -0.39 is 0 Å². The van der Waals surface area contributed by atoms with Crippen molar-refractivity contribution in [3.8, 4) is 0 Å². The summed E-state index contributed by atoms with van der Waals surface area (Å²) in [6.45, 7) is 10.2. The van der Waals surface area contributed by atoms with Crippen molar-refractivity contribution in [1.29, 1.82) is 0 Å². The molecule has 0 aliphatic carbocycles. The Kier molecular flexibility index (Phi) is 5.57. The molecule has 1 aromatic rings. The molecule has 0 spiro atoms. The van der Waals surface area contributed by atoms with Crippen molar-refractivity contribution < 1.29 is 0 Å². The summed E-state index contributed by atoms with van der Waals surface area (Å²) in [4.78, 5) is 1.51. The summed E-state index contributed by atoms with van der Waals surface area (Å²) < 4.78 is 0. The first kappa shape index (κ1) is 15.9. The summed E-state index contributed by atoms with van der Waals surface area (Å²) >= 11 is 2.10. The van der Waals surface area contributed by atoms with Gasteiger partial charge in [0, 0.05) is 15.7 Å². The third-order valence-corrected chi connectivity index (χ3v) is 5.27. The zero-order valence-corrected chi connectivity index (χ0v) is 14.2. The van der Waals surface area contributed by atoms with Crippen LogP contribution in [0.15, 0.2) is 29.2 Å². The lowest BCUT2D eigenvalue weighted by Gasteiger charge is -2.26. The Morgan fingerprint density at radius 1 is 1.30 bits per heavy atom. The van der Waals surface area contributed by atoms with Crippen LogP contribution in [0.4, 0.5) is 0 Å². The second-order valence-electron chi connectivity index (χ2n) is 7.07. The van der Waals surface area contributed by atoms with Crippen molar-refractivity contribution in [3.05, 3.63) is 29.8 Å². The molecular formula is C18H29NS. The molecule has 1 N–H and O–H groups in total. The molecule has 1 heterocycles. The van der Waals surface area contributed by atoms with Gasteiger partial charge in [-0.25, -0.2) is 0 Å². The van der Waals surface area contributed by atoms with E-state index in [1.165, 1.54) is 30.6 Å². The van der Waals surface area contributed by atoms with Crippen LogP contribution in [0.5, 0.6) is 0 Å². The van der Waals surface area contributed by atoms with Crippen LogP contribution >= 0.6 is 11.8 Å². The first-order valence-electron chi connectivity index (χ1n) is 7.97. The summed E-state index contributed by atoms with van der Waals surface area (Å²) in [6.07, 6.45) is 5.24. The summed E-state index contributed by atoms with van der Waals surface area (Å²) in [7, 11) is 0. The topological polar surface area (TPSA) is 12.0 Å². The highest BCUT2D eigenvalue weighted by atomic mass is 32.2. The fourth-order valence-electron chi connectivity index (χ4n) is 2.92. The molecule has 2 rings (SSSR count). The first-order valence-corrected chi connectivity index (χ1v) is 8.85. The Morgan fingerprint density at radius 2 is 2.05 bits per heavy atom. The lowest BCUT2D eigenvalue weighted by atomic mass is 9.94. The van der Waals surface area contributed by atoms with Gasteiger partial charge in [-0.05, 0) is 64.1 Å². The largest absolute Gasteiger partial charge is 0.312 e. The summed E-state index contributed by atoms with van der Waals surface area (Å²) in [5.74, 6) is 0.811. The quantitative estimate of drug-likeness (QED) is 0.800.